The van der Waals surface area contributed by atoms with E-state index < -0.39 is 23.1 Å². The monoisotopic (exact) mass is 366 g/mol. The normalized spacial score (nSPS) is 11.4. The Balaban J connectivity index is 1.90. The number of aromatic hydroxyl groups is 1. The fourth-order valence-electron chi connectivity index (χ4n) is 1.97. The Morgan fingerprint density at radius 3 is 2.68 bits per heavy atom. The number of rotatable bonds is 7. The molecule has 0 bridgehead atoms. The topological polar surface area (TPSA) is 98.6 Å². The molecule has 132 valence electrons. The van der Waals surface area contributed by atoms with Crippen LogP contribution in [0, 0.1) is 11.6 Å². The Kier molecular flexibility index (Phi) is 6.24. The molecule has 25 heavy (non-hydrogen) atoms. The molecule has 0 heterocycles. The molecule has 2 aromatic rings. The summed E-state index contributed by atoms with van der Waals surface area (Å²) in [5.41, 5.74) is 11.1. The molecule has 5 nitrogen and oxygen atoms in total. The van der Waals surface area contributed by atoms with Gasteiger partial charge in [0.25, 0.3) is 5.91 Å². The molecule has 0 fully saturated rings. The number of amides is 1. The van der Waals surface area contributed by atoms with Gasteiger partial charge < -0.3 is 21.3 Å². The van der Waals surface area contributed by atoms with Gasteiger partial charge in [-0.05, 0) is 29.7 Å². The number of benzene rings is 2. The molecular formula is C17H16F2N2O3S. The second kappa shape index (κ2) is 8.39. The third-order valence-electron chi connectivity index (χ3n) is 3.15. The van der Waals surface area contributed by atoms with Gasteiger partial charge in [-0.15, -0.1) is 11.8 Å². The van der Waals surface area contributed by atoms with E-state index in [2.05, 4.69) is 0 Å². The van der Waals surface area contributed by atoms with Gasteiger partial charge in [0.05, 0.1) is 6.61 Å². The summed E-state index contributed by atoms with van der Waals surface area (Å²) in [5.74, 6) is -3.06. The van der Waals surface area contributed by atoms with Crippen molar-refractivity contribution in [1.29, 1.82) is 0 Å². The molecule has 2 aromatic carbocycles. The fourth-order valence-corrected chi connectivity index (χ4v) is 2.59. The van der Waals surface area contributed by atoms with Crippen molar-refractivity contribution in [3.8, 4) is 11.5 Å². The Morgan fingerprint density at radius 2 is 2.00 bits per heavy atom. The first-order valence-electron chi connectivity index (χ1n) is 7.17. The lowest BCUT2D eigenvalue weighted by Gasteiger charge is -2.09. The highest BCUT2D eigenvalue weighted by Gasteiger charge is 2.19. The maximum absolute atomic E-state index is 14.0. The Hall–Kier alpha value is -2.74. The van der Waals surface area contributed by atoms with Crippen molar-refractivity contribution >= 4 is 23.4 Å². The zero-order chi connectivity index (χ0) is 18.4. The maximum Gasteiger partial charge on any atom is 0.254 e. The minimum absolute atomic E-state index is 0.106. The molecule has 8 heteroatoms. The number of carbonyl (C=O) groups excluding carboxylic acids is 1. The van der Waals surface area contributed by atoms with Crippen LogP contribution >= 0.6 is 11.8 Å². The van der Waals surface area contributed by atoms with E-state index in [-0.39, 0.29) is 18.1 Å². The first-order chi connectivity index (χ1) is 11.9. The summed E-state index contributed by atoms with van der Waals surface area (Å²) in [7, 11) is 0. The molecule has 0 unspecified atom stereocenters. The Labute approximate surface area is 147 Å². The van der Waals surface area contributed by atoms with Crippen LogP contribution in [0.25, 0.3) is 5.70 Å². The number of thioether (sulfide) groups is 1. The molecule has 0 radical (unpaired) electrons. The first kappa shape index (κ1) is 18.6. The van der Waals surface area contributed by atoms with Gasteiger partial charge in [-0.3, -0.25) is 4.79 Å². The van der Waals surface area contributed by atoms with Gasteiger partial charge in [0.1, 0.15) is 17.1 Å². The molecule has 0 aliphatic rings. The standard InChI is InChI=1S/C17H16F2N2O3S/c18-12-4-5-14(16(19)15(12)17(21)23)24-6-7-25-9-13(20)10-2-1-3-11(22)8-10/h1-5,8-9,22H,6-7,20H2,(H2,21,23)/b13-9-. The summed E-state index contributed by atoms with van der Waals surface area (Å²) in [4.78, 5) is 11.0. The summed E-state index contributed by atoms with van der Waals surface area (Å²) in [6, 6.07) is 8.51. The lowest BCUT2D eigenvalue weighted by atomic mass is 10.2. The minimum atomic E-state index is -1.20. The van der Waals surface area contributed by atoms with Gasteiger partial charge in [-0.25, -0.2) is 8.78 Å². The predicted molar refractivity (Wildman–Crippen MR) is 93.1 cm³/mol. The van der Waals surface area contributed by atoms with Gasteiger partial charge in [0.15, 0.2) is 11.6 Å². The van der Waals surface area contributed by atoms with Gasteiger partial charge >= 0.3 is 0 Å². The summed E-state index contributed by atoms with van der Waals surface area (Å²) in [6.07, 6.45) is 0. The molecule has 0 aliphatic heterocycles. The number of halogens is 2. The van der Waals surface area contributed by atoms with Crippen LogP contribution in [-0.4, -0.2) is 23.4 Å². The molecule has 0 spiro atoms. The first-order valence-corrected chi connectivity index (χ1v) is 8.22. The zero-order valence-electron chi connectivity index (χ0n) is 13.0. The SMILES string of the molecule is NC(=O)c1c(F)ccc(OCCS/C=C(\N)c2cccc(O)c2)c1F. The number of primary amides is 1. The largest absolute Gasteiger partial charge is 0.508 e. The van der Waals surface area contributed by atoms with E-state index in [1.165, 1.54) is 23.9 Å². The molecule has 0 saturated heterocycles. The van der Waals surface area contributed by atoms with Gasteiger partial charge in [0.2, 0.25) is 0 Å². The van der Waals surface area contributed by atoms with E-state index in [9.17, 15) is 18.7 Å². The van der Waals surface area contributed by atoms with E-state index in [4.69, 9.17) is 16.2 Å². The van der Waals surface area contributed by atoms with Crippen molar-refractivity contribution in [2.75, 3.05) is 12.4 Å². The highest BCUT2D eigenvalue weighted by molar-refractivity contribution is 8.02. The summed E-state index contributed by atoms with van der Waals surface area (Å²) in [5, 5.41) is 11.1. The number of hydrogen-bond acceptors (Lipinski definition) is 5. The zero-order valence-corrected chi connectivity index (χ0v) is 13.9. The van der Waals surface area contributed by atoms with Gasteiger partial charge in [-0.2, -0.15) is 0 Å². The number of phenolic OH excluding ortho intramolecular Hbond substituents is 1. The molecule has 0 aromatic heterocycles. The minimum Gasteiger partial charge on any atom is -0.508 e. The molecular weight excluding hydrogens is 350 g/mol. The summed E-state index contributed by atoms with van der Waals surface area (Å²) < 4.78 is 32.5. The Morgan fingerprint density at radius 1 is 1.24 bits per heavy atom. The van der Waals surface area contributed by atoms with E-state index in [0.717, 1.165) is 12.1 Å². The van der Waals surface area contributed by atoms with Gasteiger partial charge in [0, 0.05) is 17.0 Å². The number of ether oxygens (including phenoxy) is 1. The van der Waals surface area contributed by atoms with Crippen LogP contribution < -0.4 is 16.2 Å². The second-order valence-electron chi connectivity index (χ2n) is 4.94. The molecule has 5 N–H and O–H groups in total. The van der Waals surface area contributed by atoms with Crippen molar-refractivity contribution in [2.24, 2.45) is 11.5 Å². The highest BCUT2D eigenvalue weighted by Crippen LogP contribution is 2.23. The highest BCUT2D eigenvalue weighted by atomic mass is 32.2. The molecule has 0 atom stereocenters. The van der Waals surface area contributed by atoms with Crippen LogP contribution in [0.15, 0.2) is 41.8 Å². The van der Waals surface area contributed by atoms with E-state index >= 15 is 0 Å². The van der Waals surface area contributed by atoms with Crippen LogP contribution in [0.5, 0.6) is 11.5 Å². The Bertz CT molecular complexity index is 812. The maximum atomic E-state index is 14.0. The van der Waals surface area contributed by atoms with Crippen molar-refractivity contribution in [1.82, 2.24) is 0 Å². The fraction of sp³-hybridized carbons (Fsp3) is 0.118. The molecule has 0 saturated carbocycles. The number of carbonyl (C=O) groups is 1. The molecule has 0 aliphatic carbocycles. The average Bonchev–Trinajstić information content (AvgIpc) is 2.56. The summed E-state index contributed by atoms with van der Waals surface area (Å²) >= 11 is 1.32. The van der Waals surface area contributed by atoms with Crippen LogP contribution in [-0.2, 0) is 0 Å². The van der Waals surface area contributed by atoms with Crippen molar-refractivity contribution in [3.63, 3.8) is 0 Å². The lowest BCUT2D eigenvalue weighted by Crippen LogP contribution is -2.16. The average molecular weight is 366 g/mol. The van der Waals surface area contributed by atoms with Crippen LogP contribution in [0.1, 0.15) is 15.9 Å². The third kappa shape index (κ3) is 4.87. The second-order valence-corrected chi connectivity index (χ2v) is 5.92. The quantitative estimate of drug-likeness (QED) is 0.655. The van der Waals surface area contributed by atoms with Crippen molar-refractivity contribution < 1.29 is 23.4 Å². The molecule has 1 amide bonds. The van der Waals surface area contributed by atoms with Crippen LogP contribution in [0.4, 0.5) is 8.78 Å². The number of phenols is 1. The van der Waals surface area contributed by atoms with Crippen LogP contribution in [0.2, 0.25) is 0 Å². The summed E-state index contributed by atoms with van der Waals surface area (Å²) in [6.45, 7) is 0.106. The number of nitrogens with two attached hydrogens (primary N) is 2. The van der Waals surface area contributed by atoms with Crippen molar-refractivity contribution in [3.05, 3.63) is 64.6 Å². The lowest BCUT2D eigenvalue weighted by molar-refractivity contribution is 0.0991. The van der Waals surface area contributed by atoms with E-state index in [0.29, 0.717) is 17.0 Å². The van der Waals surface area contributed by atoms with E-state index in [1.54, 1.807) is 17.5 Å². The van der Waals surface area contributed by atoms with Crippen LogP contribution in [0.3, 0.4) is 0 Å². The molecule has 2 rings (SSSR count). The third-order valence-corrected chi connectivity index (χ3v) is 3.97. The van der Waals surface area contributed by atoms with E-state index in [1.807, 2.05) is 0 Å². The smallest absolute Gasteiger partial charge is 0.254 e. The predicted octanol–water partition coefficient (Wildman–Crippen LogP) is 2.84. The van der Waals surface area contributed by atoms with Crippen molar-refractivity contribution in [2.45, 2.75) is 0 Å². The number of hydrogen-bond donors (Lipinski definition) is 3. The van der Waals surface area contributed by atoms with Gasteiger partial charge in [-0.1, -0.05) is 12.1 Å².